The van der Waals surface area contributed by atoms with Crippen LogP contribution >= 0.6 is 34.0 Å². The maximum Gasteiger partial charge on any atom is 0.232 e. The smallest absolute Gasteiger partial charge is 0.232 e. The highest BCUT2D eigenvalue weighted by molar-refractivity contribution is 8.82. The molecule has 84 valence electrons. The predicted octanol–water partition coefficient (Wildman–Crippen LogP) is 3.72. The first-order chi connectivity index (χ1) is 6.49. The highest BCUT2D eigenvalue weighted by Crippen LogP contribution is 2.31. The van der Waals surface area contributed by atoms with E-state index in [-0.39, 0.29) is 0 Å². The summed E-state index contributed by atoms with van der Waals surface area (Å²) in [4.78, 5) is 0. The third kappa shape index (κ3) is 6.11. The van der Waals surface area contributed by atoms with E-state index < -0.39 is 0 Å². The van der Waals surface area contributed by atoms with Crippen molar-refractivity contribution >= 4 is 38.4 Å². The van der Waals surface area contributed by atoms with Crippen molar-refractivity contribution in [3.63, 3.8) is 0 Å². The van der Waals surface area contributed by atoms with Gasteiger partial charge in [0, 0.05) is 33.9 Å². The lowest BCUT2D eigenvalue weighted by Crippen LogP contribution is -2.29. The fourth-order valence-electron chi connectivity index (χ4n) is 0.984. The summed E-state index contributed by atoms with van der Waals surface area (Å²) < 4.78 is 8.11. The lowest BCUT2D eigenvalue weighted by atomic mass is 10.3. The molecular formula is C9H19NOS3. The maximum absolute atomic E-state index is 5.20. The van der Waals surface area contributed by atoms with Crippen LogP contribution < -0.4 is 0 Å². The zero-order valence-electron chi connectivity index (χ0n) is 9.44. The van der Waals surface area contributed by atoms with E-state index in [2.05, 4.69) is 32.0 Å². The van der Waals surface area contributed by atoms with Crippen molar-refractivity contribution in [1.29, 1.82) is 0 Å². The Labute approximate surface area is 101 Å². The minimum absolute atomic E-state index is 0.511. The van der Waals surface area contributed by atoms with Crippen LogP contribution in [0, 0.1) is 0 Å². The highest BCUT2D eigenvalue weighted by Gasteiger charge is 2.15. The summed E-state index contributed by atoms with van der Waals surface area (Å²) in [5.74, 6) is 0. The molecular weight excluding hydrogens is 234 g/mol. The molecule has 0 atom stereocenters. The number of ether oxygens (including phenoxy) is 1. The molecule has 0 spiro atoms. The summed E-state index contributed by atoms with van der Waals surface area (Å²) in [5, 5.41) is 0. The van der Waals surface area contributed by atoms with Crippen LogP contribution in [0.25, 0.3) is 0 Å². The molecule has 0 radical (unpaired) electrons. The van der Waals surface area contributed by atoms with E-state index in [0.717, 1.165) is 0 Å². The number of nitrogens with zero attached hydrogens (tertiary/aromatic N) is 1. The van der Waals surface area contributed by atoms with Crippen LogP contribution in [0.3, 0.4) is 0 Å². The maximum atomic E-state index is 5.20. The molecule has 14 heavy (non-hydrogen) atoms. The molecule has 2 nitrogen and oxygen atoms in total. The van der Waals surface area contributed by atoms with E-state index in [0.29, 0.717) is 23.1 Å². The molecule has 0 heterocycles. The average molecular weight is 253 g/mol. The molecule has 0 saturated carbocycles. The van der Waals surface area contributed by atoms with E-state index in [4.69, 9.17) is 17.0 Å². The summed E-state index contributed by atoms with van der Waals surface area (Å²) in [7, 11) is 3.19. The predicted molar refractivity (Wildman–Crippen MR) is 71.5 cm³/mol. The topological polar surface area (TPSA) is 12.5 Å². The van der Waals surface area contributed by atoms with Crippen molar-refractivity contribution in [2.45, 2.75) is 46.7 Å². The molecule has 0 aromatic carbocycles. The zero-order valence-corrected chi connectivity index (χ0v) is 11.9. The largest absolute Gasteiger partial charge is 0.478 e. The summed E-state index contributed by atoms with van der Waals surface area (Å²) in [6.45, 7) is 11.3. The van der Waals surface area contributed by atoms with Crippen molar-refractivity contribution < 1.29 is 4.74 Å². The van der Waals surface area contributed by atoms with Crippen LogP contribution in [0.15, 0.2) is 0 Å². The molecule has 0 unspecified atom stereocenters. The standard InChI is InChI=1S/C9H19NOS3/c1-6-11-9(12)13-14-10(7(2)3)8(4)5/h7-8H,6H2,1-5H3. The van der Waals surface area contributed by atoms with Gasteiger partial charge >= 0.3 is 0 Å². The first-order valence-corrected chi connectivity index (χ1v) is 7.30. The number of hydrogen-bond acceptors (Lipinski definition) is 5. The van der Waals surface area contributed by atoms with Crippen LogP contribution in [0.4, 0.5) is 0 Å². The van der Waals surface area contributed by atoms with Gasteiger partial charge in [-0.25, -0.2) is 4.31 Å². The summed E-state index contributed by atoms with van der Waals surface area (Å²) in [6, 6.07) is 1.02. The zero-order chi connectivity index (χ0) is 11.1. The van der Waals surface area contributed by atoms with E-state index in [1.807, 2.05) is 6.92 Å². The van der Waals surface area contributed by atoms with E-state index >= 15 is 0 Å². The molecule has 0 N–H and O–H groups in total. The second-order valence-corrected chi connectivity index (χ2v) is 6.07. The van der Waals surface area contributed by atoms with Crippen molar-refractivity contribution in [3.8, 4) is 0 Å². The summed E-state index contributed by atoms with van der Waals surface area (Å²) >= 11 is 5.04. The molecule has 0 aromatic rings. The lowest BCUT2D eigenvalue weighted by molar-refractivity contribution is 0.338. The quantitative estimate of drug-likeness (QED) is 0.419. The van der Waals surface area contributed by atoms with Gasteiger partial charge in [-0.15, -0.1) is 0 Å². The minimum atomic E-state index is 0.511. The van der Waals surface area contributed by atoms with Crippen molar-refractivity contribution in [3.05, 3.63) is 0 Å². The second-order valence-electron chi connectivity index (χ2n) is 3.39. The lowest BCUT2D eigenvalue weighted by Gasteiger charge is -2.27. The third-order valence-electron chi connectivity index (χ3n) is 1.47. The van der Waals surface area contributed by atoms with Gasteiger partial charge in [0.05, 0.1) is 6.61 Å². The molecule has 0 aliphatic rings. The molecule has 0 aliphatic heterocycles. The average Bonchev–Trinajstić information content (AvgIpc) is 2.03. The van der Waals surface area contributed by atoms with Gasteiger partial charge in [-0.1, -0.05) is 0 Å². The van der Waals surface area contributed by atoms with Crippen molar-refractivity contribution in [1.82, 2.24) is 4.31 Å². The third-order valence-corrected chi connectivity index (χ3v) is 4.69. The van der Waals surface area contributed by atoms with Crippen molar-refractivity contribution in [2.24, 2.45) is 0 Å². The monoisotopic (exact) mass is 253 g/mol. The van der Waals surface area contributed by atoms with Gasteiger partial charge in [0.2, 0.25) is 4.38 Å². The Bertz CT molecular complexity index is 165. The van der Waals surface area contributed by atoms with E-state index in [1.165, 1.54) is 10.8 Å². The molecule has 0 fully saturated rings. The number of rotatable bonds is 5. The van der Waals surface area contributed by atoms with Gasteiger partial charge in [0.15, 0.2) is 0 Å². The van der Waals surface area contributed by atoms with Gasteiger partial charge in [-0.05, 0) is 46.8 Å². The molecule has 0 aromatic heterocycles. The Morgan fingerprint density at radius 2 is 1.79 bits per heavy atom. The first-order valence-electron chi connectivity index (χ1n) is 4.78. The fourth-order valence-corrected chi connectivity index (χ4v) is 3.65. The van der Waals surface area contributed by atoms with Gasteiger partial charge in [0.25, 0.3) is 0 Å². The van der Waals surface area contributed by atoms with Gasteiger partial charge < -0.3 is 4.74 Å². The molecule has 5 heteroatoms. The number of thiocarbonyl (C=S) groups is 1. The van der Waals surface area contributed by atoms with Crippen LogP contribution in [0.2, 0.25) is 0 Å². The summed E-state index contributed by atoms with van der Waals surface area (Å²) in [5.41, 5.74) is 0. The van der Waals surface area contributed by atoms with Crippen LogP contribution in [-0.4, -0.2) is 27.4 Å². The Morgan fingerprint density at radius 3 is 2.14 bits per heavy atom. The first kappa shape index (κ1) is 14.6. The number of hydrogen-bond donors (Lipinski definition) is 0. The highest BCUT2D eigenvalue weighted by atomic mass is 33.1. The van der Waals surface area contributed by atoms with Gasteiger partial charge in [-0.2, -0.15) is 0 Å². The van der Waals surface area contributed by atoms with Crippen LogP contribution in [0.5, 0.6) is 0 Å². The second kappa shape index (κ2) is 7.79. The van der Waals surface area contributed by atoms with Crippen LogP contribution in [-0.2, 0) is 4.74 Å². The van der Waals surface area contributed by atoms with Crippen molar-refractivity contribution in [2.75, 3.05) is 6.61 Å². The molecule has 0 aliphatic carbocycles. The minimum Gasteiger partial charge on any atom is -0.478 e. The van der Waals surface area contributed by atoms with E-state index in [1.54, 1.807) is 11.0 Å². The fraction of sp³-hybridized carbons (Fsp3) is 0.889. The Morgan fingerprint density at radius 1 is 1.29 bits per heavy atom. The Kier molecular flexibility index (Phi) is 8.10. The Hall–Kier alpha value is 0.550. The normalized spacial score (nSPS) is 11.4. The molecule has 0 saturated heterocycles. The van der Waals surface area contributed by atoms with Gasteiger partial charge in [0.1, 0.15) is 0 Å². The molecule has 0 bridgehead atoms. The van der Waals surface area contributed by atoms with E-state index in [9.17, 15) is 0 Å². The summed E-state index contributed by atoms with van der Waals surface area (Å²) in [6.07, 6.45) is 0. The van der Waals surface area contributed by atoms with Gasteiger partial charge in [-0.3, -0.25) is 0 Å². The molecule has 0 amide bonds. The molecule has 0 rings (SSSR count). The Balaban J connectivity index is 3.88. The SMILES string of the molecule is CCOC(=S)SSN(C(C)C)C(C)C. The van der Waals surface area contributed by atoms with Crippen LogP contribution in [0.1, 0.15) is 34.6 Å².